The number of rotatable bonds is 4. The van der Waals surface area contributed by atoms with E-state index in [9.17, 15) is 5.11 Å². The van der Waals surface area contributed by atoms with Crippen LogP contribution in [0.5, 0.6) is 5.75 Å². The van der Waals surface area contributed by atoms with E-state index in [0.29, 0.717) is 11.5 Å². The summed E-state index contributed by atoms with van der Waals surface area (Å²) in [5, 5.41) is 10.6. The zero-order valence-corrected chi connectivity index (χ0v) is 13.7. The van der Waals surface area contributed by atoms with Gasteiger partial charge in [0.05, 0.1) is 7.11 Å². The van der Waals surface area contributed by atoms with E-state index in [1.165, 1.54) is 0 Å². The van der Waals surface area contributed by atoms with E-state index in [4.69, 9.17) is 9.15 Å². The molecule has 2 aromatic rings. The molecule has 1 aromatic heterocycles. The van der Waals surface area contributed by atoms with Crippen LogP contribution >= 0.6 is 15.9 Å². The Balaban J connectivity index is 2.55. The van der Waals surface area contributed by atoms with Crippen LogP contribution in [0, 0.1) is 13.8 Å². The molecule has 0 fully saturated rings. The lowest BCUT2D eigenvalue weighted by molar-refractivity contribution is 0.181. The molecule has 1 heterocycles. The molecule has 1 atom stereocenters. The van der Waals surface area contributed by atoms with E-state index in [2.05, 4.69) is 15.9 Å². The van der Waals surface area contributed by atoms with Crippen molar-refractivity contribution < 1.29 is 14.3 Å². The van der Waals surface area contributed by atoms with Gasteiger partial charge in [-0.15, -0.1) is 0 Å². The van der Waals surface area contributed by atoms with Gasteiger partial charge in [-0.3, -0.25) is 0 Å². The van der Waals surface area contributed by atoms with Gasteiger partial charge < -0.3 is 14.3 Å². The van der Waals surface area contributed by atoms with Crippen molar-refractivity contribution in [1.82, 2.24) is 0 Å². The first-order chi connectivity index (χ1) is 9.49. The monoisotopic (exact) mass is 338 g/mol. The van der Waals surface area contributed by atoms with Crippen LogP contribution in [0.25, 0.3) is 0 Å². The van der Waals surface area contributed by atoms with E-state index >= 15 is 0 Å². The van der Waals surface area contributed by atoms with Crippen molar-refractivity contribution in [2.24, 2.45) is 0 Å². The van der Waals surface area contributed by atoms with Crippen LogP contribution in [-0.4, -0.2) is 12.2 Å². The Kier molecular flexibility index (Phi) is 4.55. The van der Waals surface area contributed by atoms with Gasteiger partial charge in [0, 0.05) is 16.5 Å². The van der Waals surface area contributed by atoms with Crippen molar-refractivity contribution in [3.05, 3.63) is 50.9 Å². The molecule has 1 N–H and O–H groups in total. The summed E-state index contributed by atoms with van der Waals surface area (Å²) in [6, 6.07) is 5.70. The van der Waals surface area contributed by atoms with E-state index in [-0.39, 0.29) is 0 Å². The smallest absolute Gasteiger partial charge is 0.140 e. The van der Waals surface area contributed by atoms with E-state index < -0.39 is 6.10 Å². The highest BCUT2D eigenvalue weighted by Gasteiger charge is 2.23. The largest absolute Gasteiger partial charge is 0.496 e. The maximum atomic E-state index is 10.6. The number of aliphatic hydroxyl groups is 1. The summed E-state index contributed by atoms with van der Waals surface area (Å²) in [6.07, 6.45) is -0.0261. The summed E-state index contributed by atoms with van der Waals surface area (Å²) in [6.45, 7) is 5.93. The number of methoxy groups -OCH3 is 1. The lowest BCUT2D eigenvalue weighted by Gasteiger charge is -2.19. The van der Waals surface area contributed by atoms with Crippen molar-refractivity contribution in [3.63, 3.8) is 0 Å². The Morgan fingerprint density at radius 1 is 1.35 bits per heavy atom. The number of hydrogen-bond donors (Lipinski definition) is 1. The van der Waals surface area contributed by atoms with Gasteiger partial charge in [0.1, 0.15) is 23.4 Å². The van der Waals surface area contributed by atoms with Gasteiger partial charge >= 0.3 is 0 Å². The third-order valence-electron chi connectivity index (χ3n) is 3.49. The first-order valence-electron chi connectivity index (χ1n) is 6.59. The predicted molar refractivity (Wildman–Crippen MR) is 82.3 cm³/mol. The number of benzene rings is 1. The first-order valence-corrected chi connectivity index (χ1v) is 7.39. The summed E-state index contributed by atoms with van der Waals surface area (Å²) in [5.74, 6) is 2.11. The van der Waals surface area contributed by atoms with E-state index in [1.54, 1.807) is 7.11 Å². The number of aryl methyl sites for hydroxylation is 2. The molecule has 0 saturated heterocycles. The summed E-state index contributed by atoms with van der Waals surface area (Å²) >= 11 is 3.52. The second-order valence-corrected chi connectivity index (χ2v) is 5.66. The lowest BCUT2D eigenvalue weighted by atomic mass is 9.97. The van der Waals surface area contributed by atoms with Crippen LogP contribution in [-0.2, 0) is 6.42 Å². The van der Waals surface area contributed by atoms with Gasteiger partial charge in [-0.2, -0.15) is 0 Å². The van der Waals surface area contributed by atoms with Gasteiger partial charge in [0.15, 0.2) is 0 Å². The zero-order chi connectivity index (χ0) is 14.9. The van der Waals surface area contributed by atoms with Crippen molar-refractivity contribution in [2.45, 2.75) is 33.3 Å². The van der Waals surface area contributed by atoms with E-state index in [0.717, 1.165) is 33.3 Å². The van der Waals surface area contributed by atoms with Crippen LogP contribution in [0.2, 0.25) is 0 Å². The molecule has 3 nitrogen and oxygen atoms in total. The molecule has 0 radical (unpaired) electrons. The van der Waals surface area contributed by atoms with Gasteiger partial charge in [0.2, 0.25) is 0 Å². The topological polar surface area (TPSA) is 42.6 Å². The van der Waals surface area contributed by atoms with Crippen LogP contribution < -0.4 is 4.74 Å². The molecule has 1 aromatic carbocycles. The van der Waals surface area contributed by atoms with Crippen molar-refractivity contribution >= 4 is 15.9 Å². The van der Waals surface area contributed by atoms with Gasteiger partial charge in [-0.25, -0.2) is 0 Å². The summed E-state index contributed by atoms with van der Waals surface area (Å²) in [4.78, 5) is 0. The second kappa shape index (κ2) is 6.02. The molecule has 1 unspecified atom stereocenters. The number of halogens is 1. The summed E-state index contributed by atoms with van der Waals surface area (Å²) in [5.41, 5.74) is 2.67. The molecule has 0 aliphatic heterocycles. The minimum Gasteiger partial charge on any atom is -0.496 e. The minimum absolute atomic E-state index is 0.542. The number of ether oxygens (including phenoxy) is 1. The maximum absolute atomic E-state index is 10.6. The third-order valence-corrected chi connectivity index (χ3v) is 4.31. The second-order valence-electron chi connectivity index (χ2n) is 4.81. The molecule has 0 aliphatic carbocycles. The normalized spacial score (nSPS) is 12.5. The fourth-order valence-electron chi connectivity index (χ4n) is 2.35. The molecular formula is C16H19BrO3. The number of hydrogen-bond acceptors (Lipinski definition) is 3. The maximum Gasteiger partial charge on any atom is 0.140 e. The Morgan fingerprint density at radius 2 is 2.05 bits per heavy atom. The molecule has 108 valence electrons. The van der Waals surface area contributed by atoms with Crippen LogP contribution in [0.1, 0.15) is 41.2 Å². The van der Waals surface area contributed by atoms with Crippen molar-refractivity contribution in [3.8, 4) is 5.75 Å². The highest BCUT2D eigenvalue weighted by Crippen LogP contribution is 2.39. The molecule has 0 saturated carbocycles. The van der Waals surface area contributed by atoms with Crippen LogP contribution in [0.4, 0.5) is 0 Å². The number of aliphatic hydroxyl groups excluding tert-OH is 1. The quantitative estimate of drug-likeness (QED) is 0.902. The molecule has 20 heavy (non-hydrogen) atoms. The molecule has 0 amide bonds. The van der Waals surface area contributed by atoms with E-state index in [1.807, 2.05) is 39.0 Å². The molecular weight excluding hydrogens is 320 g/mol. The molecule has 0 spiro atoms. The standard InChI is InChI=1S/C16H19BrO3/c1-5-11-6-7-13(20-11)15(18)14-10(3)12(17)8-9(2)16(14)19-4/h6-8,15,18H,5H2,1-4H3. The molecule has 4 heteroatoms. The molecule has 0 aliphatic rings. The Morgan fingerprint density at radius 3 is 2.60 bits per heavy atom. The van der Waals surface area contributed by atoms with Crippen molar-refractivity contribution in [1.29, 1.82) is 0 Å². The van der Waals surface area contributed by atoms with Gasteiger partial charge in [0.25, 0.3) is 0 Å². The summed E-state index contributed by atoms with van der Waals surface area (Å²) in [7, 11) is 1.62. The van der Waals surface area contributed by atoms with Gasteiger partial charge in [-0.1, -0.05) is 22.9 Å². The van der Waals surface area contributed by atoms with Crippen molar-refractivity contribution in [2.75, 3.05) is 7.11 Å². The highest BCUT2D eigenvalue weighted by molar-refractivity contribution is 9.10. The minimum atomic E-state index is -0.832. The fourth-order valence-corrected chi connectivity index (χ4v) is 2.91. The summed E-state index contributed by atoms with van der Waals surface area (Å²) < 4.78 is 12.1. The Hall–Kier alpha value is -1.26. The Bertz CT molecular complexity index is 616. The first kappa shape index (κ1) is 15.1. The van der Waals surface area contributed by atoms with Crippen LogP contribution in [0.3, 0.4) is 0 Å². The average Bonchev–Trinajstić information content (AvgIpc) is 2.90. The van der Waals surface area contributed by atoms with Gasteiger partial charge in [-0.05, 0) is 43.2 Å². The van der Waals surface area contributed by atoms with Crippen LogP contribution in [0.15, 0.2) is 27.1 Å². The third kappa shape index (κ3) is 2.63. The average molecular weight is 339 g/mol. The number of furan rings is 1. The highest BCUT2D eigenvalue weighted by atomic mass is 79.9. The molecule has 2 rings (SSSR count). The zero-order valence-electron chi connectivity index (χ0n) is 12.2. The molecule has 0 bridgehead atoms. The SMILES string of the molecule is CCc1ccc(C(O)c2c(C)c(Br)cc(C)c2OC)o1. The Labute approximate surface area is 127 Å². The lowest BCUT2D eigenvalue weighted by Crippen LogP contribution is -2.06. The predicted octanol–water partition coefficient (Wildman–Crippen LogP) is 4.31. The fraction of sp³-hybridized carbons (Fsp3) is 0.375.